The van der Waals surface area contributed by atoms with Gasteiger partial charge in [-0.3, -0.25) is 4.79 Å². The minimum Gasteiger partial charge on any atom is -0.371 e. The van der Waals surface area contributed by atoms with Crippen LogP contribution in [0.5, 0.6) is 0 Å². The number of amides is 1. The van der Waals surface area contributed by atoms with Crippen LogP contribution in [-0.2, 0) is 4.79 Å². The summed E-state index contributed by atoms with van der Waals surface area (Å²) in [5, 5.41) is 7.17. The van der Waals surface area contributed by atoms with Gasteiger partial charge in [0.1, 0.15) is 6.04 Å². The number of halogens is 2. The number of hydrogen-bond acceptors (Lipinski definition) is 2. The Morgan fingerprint density at radius 3 is 2.42 bits per heavy atom. The van der Waals surface area contributed by atoms with Gasteiger partial charge in [-0.1, -0.05) is 42.1 Å². The Morgan fingerprint density at radius 2 is 1.84 bits per heavy atom. The lowest BCUT2D eigenvalue weighted by Crippen LogP contribution is -2.42. The molecule has 1 atom stereocenters. The molecule has 0 saturated heterocycles. The molecule has 1 aliphatic carbocycles. The molecule has 0 radical (unpaired) electrons. The second kappa shape index (κ2) is 6.49. The highest BCUT2D eigenvalue weighted by Gasteiger charge is 2.21. The maximum atomic E-state index is 12.1. The van der Waals surface area contributed by atoms with Crippen molar-refractivity contribution < 1.29 is 4.79 Å². The highest BCUT2D eigenvalue weighted by atomic mass is 35.5. The molecule has 1 unspecified atom stereocenters. The standard InChI is InChI=1S/C14H18Cl2N2O/c1-9(14(19)18-10-5-2-3-6-10)17-13-11(15)7-4-8-12(13)16/h4,7-10,17H,2-3,5-6H2,1H3,(H,18,19). The average Bonchev–Trinajstić information content (AvgIpc) is 2.86. The van der Waals surface area contributed by atoms with E-state index in [2.05, 4.69) is 10.6 Å². The van der Waals surface area contributed by atoms with Crippen LogP contribution in [0.25, 0.3) is 0 Å². The van der Waals surface area contributed by atoms with Crippen LogP contribution in [0, 0.1) is 0 Å². The summed E-state index contributed by atoms with van der Waals surface area (Å²) in [6.07, 6.45) is 4.54. The van der Waals surface area contributed by atoms with Gasteiger partial charge in [0.2, 0.25) is 5.91 Å². The highest BCUT2D eigenvalue weighted by Crippen LogP contribution is 2.30. The fraction of sp³-hybridized carbons (Fsp3) is 0.500. The molecule has 5 heteroatoms. The molecule has 0 aliphatic heterocycles. The number of benzene rings is 1. The Balaban J connectivity index is 1.96. The number of carbonyl (C=O) groups excluding carboxylic acids is 1. The van der Waals surface area contributed by atoms with E-state index in [9.17, 15) is 4.79 Å². The summed E-state index contributed by atoms with van der Waals surface area (Å²) in [4.78, 5) is 12.1. The van der Waals surface area contributed by atoms with Crippen molar-refractivity contribution in [2.45, 2.75) is 44.7 Å². The number of rotatable bonds is 4. The van der Waals surface area contributed by atoms with E-state index < -0.39 is 0 Å². The van der Waals surface area contributed by atoms with E-state index in [0.29, 0.717) is 21.8 Å². The van der Waals surface area contributed by atoms with Crippen LogP contribution in [0.4, 0.5) is 5.69 Å². The third-order valence-electron chi connectivity index (χ3n) is 3.42. The van der Waals surface area contributed by atoms with Crippen LogP contribution in [0.15, 0.2) is 18.2 Å². The van der Waals surface area contributed by atoms with Crippen molar-refractivity contribution >= 4 is 34.8 Å². The Kier molecular flexibility index (Phi) is 4.94. The molecular weight excluding hydrogens is 283 g/mol. The first-order valence-electron chi connectivity index (χ1n) is 6.59. The Hall–Kier alpha value is -0.930. The van der Waals surface area contributed by atoms with E-state index in [-0.39, 0.29) is 11.9 Å². The van der Waals surface area contributed by atoms with Crippen molar-refractivity contribution in [3.63, 3.8) is 0 Å². The molecule has 1 aliphatic rings. The van der Waals surface area contributed by atoms with E-state index in [0.717, 1.165) is 12.8 Å². The molecule has 0 heterocycles. The van der Waals surface area contributed by atoms with Crippen LogP contribution in [0.2, 0.25) is 10.0 Å². The molecule has 0 bridgehead atoms. The van der Waals surface area contributed by atoms with Crippen molar-refractivity contribution in [3.8, 4) is 0 Å². The SMILES string of the molecule is CC(Nc1c(Cl)cccc1Cl)C(=O)NC1CCCC1. The topological polar surface area (TPSA) is 41.1 Å². The lowest BCUT2D eigenvalue weighted by atomic mass is 10.2. The maximum Gasteiger partial charge on any atom is 0.242 e. The summed E-state index contributed by atoms with van der Waals surface area (Å²) >= 11 is 12.1. The van der Waals surface area contributed by atoms with Gasteiger partial charge in [0.15, 0.2) is 0 Å². The molecule has 3 nitrogen and oxygen atoms in total. The van der Waals surface area contributed by atoms with Gasteiger partial charge in [-0.25, -0.2) is 0 Å². The summed E-state index contributed by atoms with van der Waals surface area (Å²) in [5.74, 6) is -0.0112. The lowest BCUT2D eigenvalue weighted by molar-refractivity contribution is -0.122. The predicted molar refractivity (Wildman–Crippen MR) is 79.9 cm³/mol. The van der Waals surface area contributed by atoms with Crippen molar-refractivity contribution in [2.75, 3.05) is 5.32 Å². The van der Waals surface area contributed by atoms with Crippen LogP contribution in [0.1, 0.15) is 32.6 Å². The molecular formula is C14H18Cl2N2O. The lowest BCUT2D eigenvalue weighted by Gasteiger charge is -2.19. The first-order valence-corrected chi connectivity index (χ1v) is 7.34. The number of anilines is 1. The minimum atomic E-state index is -0.363. The van der Waals surface area contributed by atoms with E-state index in [1.165, 1.54) is 12.8 Å². The predicted octanol–water partition coefficient (Wildman–Crippen LogP) is 3.85. The zero-order chi connectivity index (χ0) is 13.8. The van der Waals surface area contributed by atoms with E-state index in [1.807, 2.05) is 6.92 Å². The first-order chi connectivity index (χ1) is 9.08. The number of carbonyl (C=O) groups is 1. The second-order valence-electron chi connectivity index (χ2n) is 4.95. The molecule has 0 spiro atoms. The normalized spacial score (nSPS) is 17.2. The fourth-order valence-corrected chi connectivity index (χ4v) is 2.82. The van der Waals surface area contributed by atoms with Crippen LogP contribution in [0.3, 0.4) is 0 Å². The van der Waals surface area contributed by atoms with Gasteiger partial charge in [0, 0.05) is 6.04 Å². The Bertz CT molecular complexity index is 439. The van der Waals surface area contributed by atoms with Crippen LogP contribution >= 0.6 is 23.2 Å². The monoisotopic (exact) mass is 300 g/mol. The van der Waals surface area contributed by atoms with Crippen LogP contribution in [-0.4, -0.2) is 18.0 Å². The maximum absolute atomic E-state index is 12.1. The molecule has 1 aromatic rings. The fourth-order valence-electron chi connectivity index (χ4n) is 2.31. The number of para-hydroxylation sites is 1. The van der Waals surface area contributed by atoms with Gasteiger partial charge < -0.3 is 10.6 Å². The molecule has 1 fully saturated rings. The Morgan fingerprint density at radius 1 is 1.26 bits per heavy atom. The summed E-state index contributed by atoms with van der Waals surface area (Å²) in [6.45, 7) is 1.81. The second-order valence-corrected chi connectivity index (χ2v) is 5.77. The molecule has 104 valence electrons. The smallest absolute Gasteiger partial charge is 0.242 e. The van der Waals surface area contributed by atoms with Gasteiger partial charge in [0.05, 0.1) is 15.7 Å². The number of nitrogens with one attached hydrogen (secondary N) is 2. The Labute approximate surface area is 123 Å². The summed E-state index contributed by atoms with van der Waals surface area (Å²) in [6, 6.07) is 5.23. The number of hydrogen-bond donors (Lipinski definition) is 2. The molecule has 19 heavy (non-hydrogen) atoms. The van der Waals surface area contributed by atoms with Gasteiger partial charge >= 0.3 is 0 Å². The van der Waals surface area contributed by atoms with E-state index in [1.54, 1.807) is 18.2 Å². The van der Waals surface area contributed by atoms with Crippen LogP contribution < -0.4 is 10.6 Å². The molecule has 1 amide bonds. The van der Waals surface area contributed by atoms with Gasteiger partial charge in [0.25, 0.3) is 0 Å². The summed E-state index contributed by atoms with van der Waals surface area (Å²) < 4.78 is 0. The summed E-state index contributed by atoms with van der Waals surface area (Å²) in [7, 11) is 0. The molecule has 1 aromatic carbocycles. The third-order valence-corrected chi connectivity index (χ3v) is 4.05. The van der Waals surface area contributed by atoms with E-state index >= 15 is 0 Å². The van der Waals surface area contributed by atoms with E-state index in [4.69, 9.17) is 23.2 Å². The first kappa shape index (κ1) is 14.5. The highest BCUT2D eigenvalue weighted by molar-refractivity contribution is 6.39. The van der Waals surface area contributed by atoms with Gasteiger partial charge in [-0.2, -0.15) is 0 Å². The zero-order valence-electron chi connectivity index (χ0n) is 10.9. The molecule has 1 saturated carbocycles. The molecule has 2 rings (SSSR count). The quantitative estimate of drug-likeness (QED) is 0.887. The average molecular weight is 301 g/mol. The minimum absolute atomic E-state index is 0.0112. The largest absolute Gasteiger partial charge is 0.371 e. The van der Waals surface area contributed by atoms with Crippen molar-refractivity contribution in [3.05, 3.63) is 28.2 Å². The third kappa shape index (κ3) is 3.77. The molecule has 0 aromatic heterocycles. The molecule has 2 N–H and O–H groups in total. The van der Waals surface area contributed by atoms with Gasteiger partial charge in [-0.15, -0.1) is 0 Å². The van der Waals surface area contributed by atoms with Crippen molar-refractivity contribution in [1.29, 1.82) is 0 Å². The van der Waals surface area contributed by atoms with Crippen molar-refractivity contribution in [1.82, 2.24) is 5.32 Å². The van der Waals surface area contributed by atoms with Crippen molar-refractivity contribution in [2.24, 2.45) is 0 Å². The zero-order valence-corrected chi connectivity index (χ0v) is 12.4. The summed E-state index contributed by atoms with van der Waals surface area (Å²) in [5.41, 5.74) is 0.611. The van der Waals surface area contributed by atoms with Gasteiger partial charge in [-0.05, 0) is 31.9 Å².